The van der Waals surface area contributed by atoms with E-state index in [2.05, 4.69) is 40.9 Å². The number of ether oxygens (including phenoxy) is 1. The third-order valence-electron chi connectivity index (χ3n) is 2.53. The van der Waals surface area contributed by atoms with Crippen molar-refractivity contribution in [3.05, 3.63) is 34.6 Å². The normalized spacial score (nSPS) is 10.5. The Morgan fingerprint density at radius 1 is 1.16 bits per heavy atom. The number of hydrogen-bond acceptors (Lipinski definition) is 5. The van der Waals surface area contributed by atoms with E-state index in [0.717, 1.165) is 4.90 Å². The van der Waals surface area contributed by atoms with Crippen LogP contribution in [0.25, 0.3) is 0 Å². The molecular weight excluding hydrogens is 282 g/mol. The smallest absolute Gasteiger partial charge is 0.321 e. The Bertz CT molecular complexity index is 592. The summed E-state index contributed by atoms with van der Waals surface area (Å²) in [5.74, 6) is 0. The van der Waals surface area contributed by atoms with Gasteiger partial charge < -0.3 is 4.74 Å². The highest BCUT2D eigenvalue weighted by atomic mass is 35.5. The van der Waals surface area contributed by atoms with Crippen molar-refractivity contribution >= 4 is 23.4 Å². The molecule has 0 radical (unpaired) electrons. The average Bonchev–Trinajstić information content (AvgIpc) is 2.33. The molecule has 19 heavy (non-hydrogen) atoms. The molecule has 0 aliphatic carbocycles. The minimum absolute atomic E-state index is 0.143. The zero-order valence-corrected chi connectivity index (χ0v) is 12.5. The van der Waals surface area contributed by atoms with E-state index < -0.39 is 0 Å². The molecule has 6 heteroatoms. The summed E-state index contributed by atoms with van der Waals surface area (Å²) in [6.45, 7) is 6.52. The monoisotopic (exact) mass is 295 g/mol. The fourth-order valence-electron chi connectivity index (χ4n) is 1.44. The summed E-state index contributed by atoms with van der Waals surface area (Å²) in [7, 11) is 0. The first kappa shape index (κ1) is 14.1. The third-order valence-corrected chi connectivity index (χ3v) is 3.55. The minimum atomic E-state index is 0.143. The molecule has 4 nitrogen and oxygen atoms in total. The largest absolute Gasteiger partial charge is 0.464 e. The van der Waals surface area contributed by atoms with Crippen LogP contribution in [0.15, 0.2) is 28.3 Å². The van der Waals surface area contributed by atoms with E-state index in [1.54, 1.807) is 0 Å². The van der Waals surface area contributed by atoms with Gasteiger partial charge in [-0.25, -0.2) is 0 Å². The summed E-state index contributed by atoms with van der Waals surface area (Å²) in [5.41, 5.74) is 2.49. The van der Waals surface area contributed by atoms with Crippen molar-refractivity contribution in [2.24, 2.45) is 0 Å². The average molecular weight is 296 g/mol. The van der Waals surface area contributed by atoms with Gasteiger partial charge >= 0.3 is 6.01 Å². The van der Waals surface area contributed by atoms with Crippen LogP contribution in [0.5, 0.6) is 6.01 Å². The van der Waals surface area contributed by atoms with Crippen LogP contribution in [0, 0.1) is 13.8 Å². The third kappa shape index (κ3) is 3.81. The van der Waals surface area contributed by atoms with Gasteiger partial charge in [-0.3, -0.25) is 0 Å². The van der Waals surface area contributed by atoms with Gasteiger partial charge in [0, 0.05) is 4.90 Å². The van der Waals surface area contributed by atoms with Crippen molar-refractivity contribution in [2.45, 2.75) is 30.8 Å². The molecule has 0 fully saturated rings. The lowest BCUT2D eigenvalue weighted by molar-refractivity contribution is 0.307. The van der Waals surface area contributed by atoms with Gasteiger partial charge in [-0.15, -0.1) is 0 Å². The fourth-order valence-corrected chi connectivity index (χ4v) is 2.48. The van der Waals surface area contributed by atoms with Crippen molar-refractivity contribution in [3.8, 4) is 6.01 Å². The highest BCUT2D eigenvalue weighted by Gasteiger charge is 2.08. The Morgan fingerprint density at radius 2 is 1.95 bits per heavy atom. The topological polar surface area (TPSA) is 47.9 Å². The summed E-state index contributed by atoms with van der Waals surface area (Å²) >= 11 is 7.29. The fraction of sp³-hybridized carbons (Fsp3) is 0.308. The van der Waals surface area contributed by atoms with Gasteiger partial charge in [-0.2, -0.15) is 15.0 Å². The Kier molecular flexibility index (Phi) is 4.61. The quantitative estimate of drug-likeness (QED) is 0.861. The summed E-state index contributed by atoms with van der Waals surface area (Å²) in [6.07, 6.45) is 0. The molecule has 100 valence electrons. The molecular formula is C13H14ClN3OS. The lowest BCUT2D eigenvalue weighted by Gasteiger charge is -2.06. The molecule has 0 N–H and O–H groups in total. The molecule has 2 rings (SSSR count). The number of halogens is 1. The number of aromatic nitrogens is 3. The van der Waals surface area contributed by atoms with Crippen molar-refractivity contribution in [3.63, 3.8) is 0 Å². The van der Waals surface area contributed by atoms with E-state index >= 15 is 0 Å². The molecule has 0 saturated carbocycles. The predicted octanol–water partition coefficient (Wildman–Crippen LogP) is 3.69. The number of aryl methyl sites for hydroxylation is 2. The lowest BCUT2D eigenvalue weighted by Crippen LogP contribution is -2.00. The van der Waals surface area contributed by atoms with Gasteiger partial charge in [-0.05, 0) is 67.4 Å². The molecule has 0 amide bonds. The molecule has 0 atom stereocenters. The molecule has 1 aromatic heterocycles. The van der Waals surface area contributed by atoms with Gasteiger partial charge in [0.1, 0.15) is 0 Å². The molecule has 0 aliphatic rings. The number of hydrogen-bond donors (Lipinski definition) is 0. The first-order valence-electron chi connectivity index (χ1n) is 5.88. The minimum Gasteiger partial charge on any atom is -0.464 e. The standard InChI is InChI=1S/C13H14ClN3OS/c1-4-18-12-15-11(14)16-13(17-12)19-10-6-5-8(2)9(3)7-10/h5-7H,4H2,1-3H3. The van der Waals surface area contributed by atoms with Crippen molar-refractivity contribution in [2.75, 3.05) is 6.61 Å². The van der Waals surface area contributed by atoms with Gasteiger partial charge in [0.25, 0.3) is 0 Å². The maximum Gasteiger partial charge on any atom is 0.321 e. The van der Waals surface area contributed by atoms with Gasteiger partial charge in [-0.1, -0.05) is 6.07 Å². The Hall–Kier alpha value is -1.33. The molecule has 0 bridgehead atoms. The van der Waals surface area contributed by atoms with Crippen LogP contribution in [-0.2, 0) is 0 Å². The number of rotatable bonds is 4. The highest BCUT2D eigenvalue weighted by Crippen LogP contribution is 2.27. The molecule has 0 unspecified atom stereocenters. The highest BCUT2D eigenvalue weighted by molar-refractivity contribution is 7.99. The van der Waals surface area contributed by atoms with E-state index in [0.29, 0.717) is 11.8 Å². The summed E-state index contributed by atoms with van der Waals surface area (Å²) in [4.78, 5) is 13.3. The second kappa shape index (κ2) is 6.21. The van der Waals surface area contributed by atoms with Crippen molar-refractivity contribution < 1.29 is 4.74 Å². The van der Waals surface area contributed by atoms with Crippen molar-refractivity contribution in [1.29, 1.82) is 0 Å². The van der Waals surface area contributed by atoms with E-state index in [1.165, 1.54) is 22.9 Å². The zero-order valence-electron chi connectivity index (χ0n) is 11.0. The summed E-state index contributed by atoms with van der Waals surface area (Å²) in [5, 5.41) is 0.677. The first-order chi connectivity index (χ1) is 9.08. The SMILES string of the molecule is CCOc1nc(Cl)nc(Sc2ccc(C)c(C)c2)n1. The summed E-state index contributed by atoms with van der Waals surface area (Å²) in [6, 6.07) is 6.46. The second-order valence-corrected chi connectivity index (χ2v) is 5.33. The second-order valence-electron chi connectivity index (χ2n) is 3.95. The van der Waals surface area contributed by atoms with Gasteiger partial charge in [0.2, 0.25) is 5.28 Å². The zero-order chi connectivity index (χ0) is 13.8. The van der Waals surface area contributed by atoms with Gasteiger partial charge in [0.05, 0.1) is 6.61 Å². The molecule has 2 aromatic rings. The van der Waals surface area contributed by atoms with Gasteiger partial charge in [0.15, 0.2) is 5.16 Å². The van der Waals surface area contributed by atoms with E-state index in [9.17, 15) is 0 Å². The van der Waals surface area contributed by atoms with Crippen LogP contribution in [0.2, 0.25) is 5.28 Å². The number of benzene rings is 1. The van der Waals surface area contributed by atoms with Crippen LogP contribution in [0.1, 0.15) is 18.1 Å². The Balaban J connectivity index is 2.24. The van der Waals surface area contributed by atoms with Crippen LogP contribution >= 0.6 is 23.4 Å². The van der Waals surface area contributed by atoms with E-state index in [4.69, 9.17) is 16.3 Å². The van der Waals surface area contributed by atoms with Crippen LogP contribution in [0.3, 0.4) is 0 Å². The van der Waals surface area contributed by atoms with Crippen molar-refractivity contribution in [1.82, 2.24) is 15.0 Å². The van der Waals surface area contributed by atoms with E-state index in [-0.39, 0.29) is 11.3 Å². The first-order valence-corrected chi connectivity index (χ1v) is 7.07. The lowest BCUT2D eigenvalue weighted by atomic mass is 10.1. The van der Waals surface area contributed by atoms with E-state index in [1.807, 2.05) is 13.0 Å². The van der Waals surface area contributed by atoms with Crippen LogP contribution in [0.4, 0.5) is 0 Å². The molecule has 1 heterocycles. The molecule has 0 aliphatic heterocycles. The van der Waals surface area contributed by atoms with Crippen LogP contribution < -0.4 is 4.74 Å². The Morgan fingerprint density at radius 3 is 2.63 bits per heavy atom. The maximum atomic E-state index is 5.85. The predicted molar refractivity (Wildman–Crippen MR) is 76.0 cm³/mol. The molecule has 0 spiro atoms. The maximum absolute atomic E-state index is 5.85. The summed E-state index contributed by atoms with van der Waals surface area (Å²) < 4.78 is 5.25. The number of nitrogens with zero attached hydrogens (tertiary/aromatic N) is 3. The van der Waals surface area contributed by atoms with Crippen LogP contribution in [-0.4, -0.2) is 21.6 Å². The molecule has 1 aromatic carbocycles. The molecule has 0 saturated heterocycles. The Labute approximate surface area is 121 Å².